The molecule has 2 rings (SSSR count). The molecule has 0 aliphatic rings. The van der Waals surface area contributed by atoms with Crippen LogP contribution in [0.5, 0.6) is 11.5 Å². The Hall–Kier alpha value is -2.07. The lowest BCUT2D eigenvalue weighted by molar-refractivity contribution is 0.441. The summed E-state index contributed by atoms with van der Waals surface area (Å²) in [5, 5.41) is 22.4. The Morgan fingerprint density at radius 2 is 1.68 bits per heavy atom. The summed E-state index contributed by atoms with van der Waals surface area (Å²) in [4.78, 5) is 4.30. The summed E-state index contributed by atoms with van der Waals surface area (Å²) in [6.07, 6.45) is 1.76. The fraction of sp³-hybridized carbons (Fsp3) is 0.267. The maximum absolute atomic E-state index is 9.49. The van der Waals surface area contributed by atoms with Crippen LogP contribution in [0.3, 0.4) is 0 Å². The second-order valence-corrected chi connectivity index (χ2v) is 4.65. The Labute approximate surface area is 112 Å². The Kier molecular flexibility index (Phi) is 4.02. The van der Waals surface area contributed by atoms with Crippen molar-refractivity contribution in [3.05, 3.63) is 53.9 Å². The van der Waals surface area contributed by atoms with Gasteiger partial charge in [0, 0.05) is 24.3 Å². The van der Waals surface area contributed by atoms with Crippen molar-refractivity contribution in [1.82, 2.24) is 10.3 Å². The van der Waals surface area contributed by atoms with Gasteiger partial charge >= 0.3 is 0 Å². The van der Waals surface area contributed by atoms with Gasteiger partial charge in [-0.1, -0.05) is 6.07 Å². The molecule has 100 valence electrons. The van der Waals surface area contributed by atoms with Gasteiger partial charge in [-0.25, -0.2) is 0 Å². The molecule has 2 atom stereocenters. The highest BCUT2D eigenvalue weighted by molar-refractivity contribution is 5.38. The van der Waals surface area contributed by atoms with Crippen molar-refractivity contribution in [1.29, 1.82) is 0 Å². The molecule has 1 heterocycles. The van der Waals surface area contributed by atoms with Crippen molar-refractivity contribution in [3.63, 3.8) is 0 Å². The monoisotopic (exact) mass is 258 g/mol. The molecule has 0 fully saturated rings. The molecule has 0 bridgehead atoms. The first-order chi connectivity index (χ1) is 9.06. The van der Waals surface area contributed by atoms with Gasteiger partial charge in [0.15, 0.2) is 0 Å². The van der Waals surface area contributed by atoms with Crippen molar-refractivity contribution >= 4 is 0 Å². The summed E-state index contributed by atoms with van der Waals surface area (Å²) in [6, 6.07) is 10.5. The Balaban J connectivity index is 2.10. The molecule has 19 heavy (non-hydrogen) atoms. The zero-order valence-corrected chi connectivity index (χ0v) is 11.0. The summed E-state index contributed by atoms with van der Waals surface area (Å²) in [5.74, 6) is 0.128. The molecule has 0 amide bonds. The van der Waals surface area contributed by atoms with E-state index >= 15 is 0 Å². The lowest BCUT2D eigenvalue weighted by atomic mass is 10.1. The van der Waals surface area contributed by atoms with E-state index < -0.39 is 0 Å². The van der Waals surface area contributed by atoms with Crippen LogP contribution in [0, 0.1) is 0 Å². The maximum atomic E-state index is 9.49. The van der Waals surface area contributed by atoms with Crippen molar-refractivity contribution in [2.75, 3.05) is 0 Å². The van der Waals surface area contributed by atoms with E-state index in [9.17, 15) is 10.2 Å². The molecule has 0 aliphatic carbocycles. The van der Waals surface area contributed by atoms with E-state index in [2.05, 4.69) is 10.3 Å². The molecule has 2 aromatic rings. The largest absolute Gasteiger partial charge is 0.508 e. The first kappa shape index (κ1) is 13.4. The Morgan fingerprint density at radius 1 is 1.00 bits per heavy atom. The number of hydrogen-bond acceptors (Lipinski definition) is 4. The van der Waals surface area contributed by atoms with Crippen molar-refractivity contribution < 1.29 is 10.2 Å². The standard InChI is InChI=1S/C15H18N2O2/c1-10(12-7-13(18)9-14(19)8-12)17-11(2)15-5-3-4-6-16-15/h3-11,17-19H,1-2H3. The van der Waals surface area contributed by atoms with Gasteiger partial charge in [0.1, 0.15) is 11.5 Å². The number of aromatic hydroxyl groups is 2. The fourth-order valence-corrected chi connectivity index (χ4v) is 2.06. The highest BCUT2D eigenvalue weighted by Crippen LogP contribution is 2.26. The number of aromatic nitrogens is 1. The Morgan fingerprint density at radius 3 is 2.26 bits per heavy atom. The van der Waals surface area contributed by atoms with Crippen molar-refractivity contribution in [2.45, 2.75) is 25.9 Å². The van der Waals surface area contributed by atoms with Crippen LogP contribution in [0.4, 0.5) is 0 Å². The molecule has 0 radical (unpaired) electrons. The molecule has 0 saturated heterocycles. The molecule has 0 spiro atoms. The van der Waals surface area contributed by atoms with Crippen molar-refractivity contribution in [2.24, 2.45) is 0 Å². The van der Waals surface area contributed by atoms with Gasteiger partial charge in [-0.05, 0) is 43.7 Å². The minimum absolute atomic E-state index is 0.00462. The molecule has 2 unspecified atom stereocenters. The number of nitrogens with one attached hydrogen (secondary N) is 1. The molecule has 4 heteroatoms. The maximum Gasteiger partial charge on any atom is 0.119 e. The molecule has 3 N–H and O–H groups in total. The SMILES string of the molecule is CC(NC(C)c1ccccn1)c1cc(O)cc(O)c1. The summed E-state index contributed by atoms with van der Waals surface area (Å²) < 4.78 is 0. The van der Waals surface area contributed by atoms with Crippen LogP contribution in [-0.2, 0) is 0 Å². The third kappa shape index (κ3) is 3.45. The number of hydrogen-bond donors (Lipinski definition) is 3. The van der Waals surface area contributed by atoms with Gasteiger partial charge in [0.25, 0.3) is 0 Å². The number of benzene rings is 1. The van der Waals surface area contributed by atoms with E-state index in [0.717, 1.165) is 11.3 Å². The summed E-state index contributed by atoms with van der Waals surface area (Å²) in [7, 11) is 0. The van der Waals surface area contributed by atoms with Crippen LogP contribution in [-0.4, -0.2) is 15.2 Å². The molecule has 4 nitrogen and oxygen atoms in total. The van der Waals surface area contributed by atoms with E-state index in [-0.39, 0.29) is 23.6 Å². The van der Waals surface area contributed by atoms with Crippen LogP contribution in [0.15, 0.2) is 42.6 Å². The quantitative estimate of drug-likeness (QED) is 0.789. The van der Waals surface area contributed by atoms with E-state index in [1.54, 1.807) is 18.3 Å². The van der Waals surface area contributed by atoms with Gasteiger partial charge < -0.3 is 15.5 Å². The average Bonchev–Trinajstić information content (AvgIpc) is 2.38. The van der Waals surface area contributed by atoms with E-state index in [4.69, 9.17) is 0 Å². The molecule has 0 saturated carbocycles. The zero-order chi connectivity index (χ0) is 13.8. The van der Waals surface area contributed by atoms with Gasteiger partial charge in [-0.3, -0.25) is 4.98 Å². The van der Waals surface area contributed by atoms with Crippen LogP contribution >= 0.6 is 0 Å². The molecular formula is C15H18N2O2. The predicted molar refractivity (Wildman–Crippen MR) is 74.0 cm³/mol. The first-order valence-corrected chi connectivity index (χ1v) is 6.26. The topological polar surface area (TPSA) is 65.4 Å². The number of phenols is 2. The van der Waals surface area contributed by atoms with Crippen LogP contribution in [0.25, 0.3) is 0 Å². The summed E-state index contributed by atoms with van der Waals surface area (Å²) in [6.45, 7) is 4.01. The normalized spacial score (nSPS) is 14.0. The molecule has 1 aromatic carbocycles. The lowest BCUT2D eigenvalue weighted by Gasteiger charge is -2.20. The molecular weight excluding hydrogens is 240 g/mol. The number of pyridine rings is 1. The third-order valence-electron chi connectivity index (χ3n) is 3.06. The second-order valence-electron chi connectivity index (χ2n) is 4.65. The second kappa shape index (κ2) is 5.71. The Bertz CT molecular complexity index is 523. The smallest absolute Gasteiger partial charge is 0.119 e. The van der Waals surface area contributed by atoms with E-state index in [1.807, 2.05) is 32.0 Å². The molecule has 0 aliphatic heterocycles. The number of phenolic OH excluding ortho intramolecular Hbond substituents is 2. The summed E-state index contributed by atoms with van der Waals surface area (Å²) in [5.41, 5.74) is 1.79. The van der Waals surface area contributed by atoms with Crippen LogP contribution in [0.1, 0.15) is 37.2 Å². The average molecular weight is 258 g/mol. The van der Waals surface area contributed by atoms with Crippen molar-refractivity contribution in [3.8, 4) is 11.5 Å². The number of rotatable bonds is 4. The van der Waals surface area contributed by atoms with Gasteiger partial charge in [-0.15, -0.1) is 0 Å². The summed E-state index contributed by atoms with van der Waals surface area (Å²) >= 11 is 0. The van der Waals surface area contributed by atoms with E-state index in [0.29, 0.717) is 0 Å². The van der Waals surface area contributed by atoms with Gasteiger partial charge in [0.2, 0.25) is 0 Å². The van der Waals surface area contributed by atoms with E-state index in [1.165, 1.54) is 6.07 Å². The fourth-order valence-electron chi connectivity index (χ4n) is 2.06. The third-order valence-corrected chi connectivity index (χ3v) is 3.06. The highest BCUT2D eigenvalue weighted by Gasteiger charge is 2.13. The van der Waals surface area contributed by atoms with Crippen LogP contribution < -0.4 is 5.32 Å². The first-order valence-electron chi connectivity index (χ1n) is 6.26. The highest BCUT2D eigenvalue weighted by atomic mass is 16.3. The van der Waals surface area contributed by atoms with Gasteiger partial charge in [0.05, 0.1) is 5.69 Å². The zero-order valence-electron chi connectivity index (χ0n) is 11.0. The predicted octanol–water partition coefficient (Wildman–Crippen LogP) is 2.90. The van der Waals surface area contributed by atoms with Gasteiger partial charge in [-0.2, -0.15) is 0 Å². The molecule has 1 aromatic heterocycles. The van der Waals surface area contributed by atoms with Crippen LogP contribution in [0.2, 0.25) is 0 Å². The number of nitrogens with zero attached hydrogens (tertiary/aromatic N) is 1. The minimum atomic E-state index is -0.00462. The minimum Gasteiger partial charge on any atom is -0.508 e. The lowest BCUT2D eigenvalue weighted by Crippen LogP contribution is -2.23.